The average Bonchev–Trinajstić information content (AvgIpc) is 2.62. The third kappa shape index (κ3) is 4.42. The van der Waals surface area contributed by atoms with Gasteiger partial charge in [0, 0.05) is 12.7 Å². The number of thiocarbonyl (C=S) groups is 1. The topological polar surface area (TPSA) is 33.7 Å². The maximum Gasteiger partial charge on any atom is 0.173 e. The summed E-state index contributed by atoms with van der Waals surface area (Å²) in [4.78, 5) is 1.98. The van der Waals surface area contributed by atoms with Gasteiger partial charge in [-0.15, -0.1) is 0 Å². The van der Waals surface area contributed by atoms with E-state index in [0.717, 1.165) is 17.2 Å². The number of nitrogens with zero attached hydrogens (tertiary/aromatic N) is 1. The summed E-state index contributed by atoms with van der Waals surface area (Å²) in [6.45, 7) is 5.55. The fourth-order valence-electron chi connectivity index (χ4n) is 2.71. The Balaban J connectivity index is 1.54. The smallest absolute Gasteiger partial charge is 0.173 e. The van der Waals surface area contributed by atoms with Crippen LogP contribution >= 0.6 is 12.2 Å². The van der Waals surface area contributed by atoms with Crippen LogP contribution in [0.15, 0.2) is 48.5 Å². The van der Waals surface area contributed by atoms with Gasteiger partial charge in [0.2, 0.25) is 0 Å². The van der Waals surface area contributed by atoms with Crippen molar-refractivity contribution in [3.05, 3.63) is 54.1 Å². The molecule has 0 saturated heterocycles. The van der Waals surface area contributed by atoms with Crippen LogP contribution in [0.1, 0.15) is 25.3 Å². The molecule has 5 heteroatoms. The molecule has 1 aliphatic heterocycles. The lowest BCUT2D eigenvalue weighted by atomic mass is 10.0. The van der Waals surface area contributed by atoms with Gasteiger partial charge in [0.25, 0.3) is 0 Å². The molecule has 1 heterocycles. The van der Waals surface area contributed by atoms with Gasteiger partial charge in [0.05, 0.1) is 6.54 Å². The minimum absolute atomic E-state index is 0.0528. The molecule has 1 atom stereocenters. The fraction of sp³-hybridized carbons (Fsp3) is 0.350. The second-order valence-electron chi connectivity index (χ2n) is 6.58. The van der Waals surface area contributed by atoms with E-state index in [1.165, 1.54) is 5.56 Å². The number of nitrogens with one attached hydrogen (secondary N) is 1. The molecule has 0 aliphatic carbocycles. The zero-order chi connectivity index (χ0) is 17.8. The van der Waals surface area contributed by atoms with Gasteiger partial charge in [-0.3, -0.25) is 0 Å². The zero-order valence-corrected chi connectivity index (χ0v) is 15.7. The van der Waals surface area contributed by atoms with Crippen molar-refractivity contribution in [1.29, 1.82) is 0 Å². The Kier molecular flexibility index (Phi) is 5.43. The van der Waals surface area contributed by atoms with Crippen LogP contribution in [0.4, 0.5) is 5.69 Å². The van der Waals surface area contributed by atoms with Gasteiger partial charge in [-0.1, -0.05) is 38.1 Å². The molecule has 0 fully saturated rings. The Bertz CT molecular complexity index is 731. The quantitative estimate of drug-likeness (QED) is 0.827. The molecule has 0 saturated carbocycles. The van der Waals surface area contributed by atoms with E-state index in [1.807, 2.05) is 36.2 Å². The summed E-state index contributed by atoms with van der Waals surface area (Å²) >= 11 is 5.51. The van der Waals surface area contributed by atoms with E-state index >= 15 is 0 Å². The van der Waals surface area contributed by atoms with E-state index in [4.69, 9.17) is 21.7 Å². The van der Waals surface area contributed by atoms with Crippen LogP contribution in [0.3, 0.4) is 0 Å². The van der Waals surface area contributed by atoms with Crippen LogP contribution in [-0.2, 0) is 0 Å². The first-order valence-electron chi connectivity index (χ1n) is 8.53. The molecule has 0 bridgehead atoms. The van der Waals surface area contributed by atoms with Crippen molar-refractivity contribution < 1.29 is 9.47 Å². The van der Waals surface area contributed by atoms with Gasteiger partial charge < -0.3 is 19.7 Å². The Morgan fingerprint density at radius 2 is 1.84 bits per heavy atom. The summed E-state index contributed by atoms with van der Waals surface area (Å²) in [6.07, 6.45) is -0.0528. The normalized spacial score (nSPS) is 15.8. The number of likely N-dealkylation sites (N-methyl/N-ethyl adjacent to an activating group) is 1. The maximum atomic E-state index is 5.99. The van der Waals surface area contributed by atoms with Crippen LogP contribution in [0.25, 0.3) is 0 Å². The highest BCUT2D eigenvalue weighted by atomic mass is 32.1. The minimum Gasteiger partial charge on any atom is -0.486 e. The van der Waals surface area contributed by atoms with Crippen LogP contribution in [0.5, 0.6) is 11.5 Å². The number of para-hydroxylation sites is 2. The summed E-state index contributed by atoms with van der Waals surface area (Å²) in [6, 6.07) is 16.1. The number of benzene rings is 2. The number of rotatable bonds is 4. The van der Waals surface area contributed by atoms with Gasteiger partial charge in [0.1, 0.15) is 6.61 Å². The standard InChI is InChI=1S/C20H24N2O2S/c1-14(2)15-8-10-16(11-9-15)21-20(25)22(3)12-17-13-23-18-6-4-5-7-19(18)24-17/h4-11,14,17H,12-13H2,1-3H3,(H,21,25)/t17-/m0/s1. The molecule has 4 nitrogen and oxygen atoms in total. The first-order chi connectivity index (χ1) is 12.0. The molecule has 1 N–H and O–H groups in total. The first-order valence-corrected chi connectivity index (χ1v) is 8.94. The fourth-order valence-corrected chi connectivity index (χ4v) is 2.90. The molecule has 3 rings (SSSR count). The highest BCUT2D eigenvalue weighted by Gasteiger charge is 2.22. The summed E-state index contributed by atoms with van der Waals surface area (Å²) in [7, 11) is 1.96. The Hall–Kier alpha value is -2.27. The number of fused-ring (bicyclic) bond motifs is 1. The molecule has 0 amide bonds. The highest BCUT2D eigenvalue weighted by molar-refractivity contribution is 7.80. The van der Waals surface area contributed by atoms with E-state index in [9.17, 15) is 0 Å². The number of anilines is 1. The zero-order valence-electron chi connectivity index (χ0n) is 14.9. The Morgan fingerprint density at radius 3 is 2.52 bits per heavy atom. The van der Waals surface area contributed by atoms with Crippen LogP contribution in [-0.4, -0.2) is 36.3 Å². The predicted octanol–water partition coefficient (Wildman–Crippen LogP) is 4.28. The summed E-state index contributed by atoms with van der Waals surface area (Å²) in [5.41, 5.74) is 2.31. The first kappa shape index (κ1) is 17.5. The molecule has 2 aromatic rings. The summed E-state index contributed by atoms with van der Waals surface area (Å²) < 4.78 is 11.7. The van der Waals surface area contributed by atoms with Gasteiger partial charge in [-0.2, -0.15) is 0 Å². The van der Waals surface area contributed by atoms with Gasteiger partial charge >= 0.3 is 0 Å². The SMILES string of the molecule is CC(C)c1ccc(NC(=S)N(C)C[C@H]2COc3ccccc3O2)cc1. The van der Waals surface area contributed by atoms with Crippen molar-refractivity contribution in [2.24, 2.45) is 0 Å². The Morgan fingerprint density at radius 1 is 1.16 bits per heavy atom. The van der Waals surface area contributed by atoms with Crippen LogP contribution in [0.2, 0.25) is 0 Å². The molecule has 0 aromatic heterocycles. The van der Waals surface area contributed by atoms with Gasteiger partial charge in [0.15, 0.2) is 22.7 Å². The van der Waals surface area contributed by atoms with E-state index in [2.05, 4.69) is 43.4 Å². The van der Waals surface area contributed by atoms with Crippen molar-refractivity contribution in [3.63, 3.8) is 0 Å². The van der Waals surface area contributed by atoms with E-state index in [1.54, 1.807) is 0 Å². The second kappa shape index (κ2) is 7.74. The number of hydrogen-bond donors (Lipinski definition) is 1. The molecule has 0 unspecified atom stereocenters. The minimum atomic E-state index is -0.0528. The molecule has 0 radical (unpaired) electrons. The average molecular weight is 356 g/mol. The lowest BCUT2D eigenvalue weighted by Gasteiger charge is -2.30. The lowest BCUT2D eigenvalue weighted by molar-refractivity contribution is 0.0784. The monoisotopic (exact) mass is 356 g/mol. The molecule has 25 heavy (non-hydrogen) atoms. The predicted molar refractivity (Wildman–Crippen MR) is 106 cm³/mol. The summed E-state index contributed by atoms with van der Waals surface area (Å²) in [5, 5.41) is 3.94. The largest absolute Gasteiger partial charge is 0.486 e. The lowest BCUT2D eigenvalue weighted by Crippen LogP contribution is -2.43. The molecular formula is C20H24N2O2S. The van der Waals surface area contributed by atoms with Crippen LogP contribution < -0.4 is 14.8 Å². The van der Waals surface area contributed by atoms with E-state index in [0.29, 0.717) is 24.2 Å². The number of hydrogen-bond acceptors (Lipinski definition) is 3. The van der Waals surface area contributed by atoms with E-state index < -0.39 is 0 Å². The van der Waals surface area contributed by atoms with Crippen molar-refractivity contribution in [2.75, 3.05) is 25.5 Å². The molecular weight excluding hydrogens is 332 g/mol. The maximum absolute atomic E-state index is 5.99. The number of ether oxygens (including phenoxy) is 2. The molecule has 132 valence electrons. The van der Waals surface area contributed by atoms with Gasteiger partial charge in [-0.05, 0) is 48.0 Å². The third-order valence-corrected chi connectivity index (χ3v) is 4.63. The van der Waals surface area contributed by atoms with Crippen molar-refractivity contribution in [3.8, 4) is 11.5 Å². The van der Waals surface area contributed by atoms with E-state index in [-0.39, 0.29) is 6.10 Å². The molecule has 2 aromatic carbocycles. The van der Waals surface area contributed by atoms with Crippen molar-refractivity contribution in [1.82, 2.24) is 4.90 Å². The molecule has 0 spiro atoms. The van der Waals surface area contributed by atoms with Crippen molar-refractivity contribution >= 4 is 23.0 Å². The third-order valence-electron chi connectivity index (χ3n) is 4.22. The molecule has 1 aliphatic rings. The highest BCUT2D eigenvalue weighted by Crippen LogP contribution is 2.31. The van der Waals surface area contributed by atoms with Crippen molar-refractivity contribution in [2.45, 2.75) is 25.9 Å². The Labute approximate surface area is 154 Å². The van der Waals surface area contributed by atoms with Gasteiger partial charge in [-0.25, -0.2) is 0 Å². The van der Waals surface area contributed by atoms with Crippen LogP contribution in [0, 0.1) is 0 Å². The second-order valence-corrected chi connectivity index (χ2v) is 6.97. The summed E-state index contributed by atoms with van der Waals surface area (Å²) in [5.74, 6) is 2.11.